The zero-order valence-corrected chi connectivity index (χ0v) is 12.2. The molecule has 2 aromatic rings. The van der Waals surface area contributed by atoms with Crippen LogP contribution in [0.3, 0.4) is 0 Å². The number of halogens is 1. The standard InChI is InChI=1S/C15H14ClN5/c16-12-2-1-3-14(10-12)20-6-8-21(9-7-20)15-5-4-13(11-17)18-19-15/h1-5,10H,6-9H2. The Kier molecular flexibility index (Phi) is 3.89. The zero-order valence-electron chi connectivity index (χ0n) is 11.4. The third-order valence-corrected chi connectivity index (χ3v) is 3.78. The molecule has 0 amide bonds. The molecule has 6 heteroatoms. The average molecular weight is 300 g/mol. The number of piperazine rings is 1. The second kappa shape index (κ2) is 5.98. The largest absolute Gasteiger partial charge is 0.368 e. The Morgan fingerprint density at radius 3 is 2.38 bits per heavy atom. The minimum atomic E-state index is 0.344. The van der Waals surface area contributed by atoms with E-state index in [0.29, 0.717) is 5.69 Å². The molecule has 0 spiro atoms. The Bertz CT molecular complexity index is 657. The van der Waals surface area contributed by atoms with Gasteiger partial charge in [0.25, 0.3) is 0 Å². The van der Waals surface area contributed by atoms with Gasteiger partial charge in [0.2, 0.25) is 0 Å². The predicted octanol–water partition coefficient (Wildman–Crippen LogP) is 2.33. The van der Waals surface area contributed by atoms with Crippen molar-refractivity contribution in [2.75, 3.05) is 36.0 Å². The lowest BCUT2D eigenvalue weighted by atomic mass is 10.2. The van der Waals surface area contributed by atoms with Crippen LogP contribution in [0.4, 0.5) is 11.5 Å². The molecule has 106 valence electrons. The minimum Gasteiger partial charge on any atom is -0.368 e. The molecule has 5 nitrogen and oxygen atoms in total. The third kappa shape index (κ3) is 3.06. The van der Waals surface area contributed by atoms with Gasteiger partial charge in [-0.3, -0.25) is 0 Å². The number of hydrogen-bond acceptors (Lipinski definition) is 5. The molecule has 3 rings (SSSR count). The van der Waals surface area contributed by atoms with Gasteiger partial charge in [0, 0.05) is 36.9 Å². The van der Waals surface area contributed by atoms with Crippen LogP contribution in [0.1, 0.15) is 5.69 Å². The Morgan fingerprint density at radius 2 is 1.76 bits per heavy atom. The van der Waals surface area contributed by atoms with Gasteiger partial charge in [-0.1, -0.05) is 17.7 Å². The second-order valence-electron chi connectivity index (χ2n) is 4.84. The van der Waals surface area contributed by atoms with Gasteiger partial charge in [0.05, 0.1) is 0 Å². The molecule has 0 aliphatic carbocycles. The Morgan fingerprint density at radius 1 is 1.00 bits per heavy atom. The summed E-state index contributed by atoms with van der Waals surface area (Å²) in [6.07, 6.45) is 0. The number of nitrogens with zero attached hydrogens (tertiary/aromatic N) is 5. The summed E-state index contributed by atoms with van der Waals surface area (Å²) >= 11 is 6.04. The van der Waals surface area contributed by atoms with E-state index in [0.717, 1.165) is 42.7 Å². The monoisotopic (exact) mass is 299 g/mol. The fourth-order valence-electron chi connectivity index (χ4n) is 2.42. The molecule has 0 N–H and O–H groups in total. The summed E-state index contributed by atoms with van der Waals surface area (Å²) in [7, 11) is 0. The van der Waals surface area contributed by atoms with Crippen molar-refractivity contribution in [2.24, 2.45) is 0 Å². The summed E-state index contributed by atoms with van der Waals surface area (Å²) in [6, 6.07) is 13.4. The average Bonchev–Trinajstić information content (AvgIpc) is 2.55. The second-order valence-corrected chi connectivity index (χ2v) is 5.28. The van der Waals surface area contributed by atoms with Crippen molar-refractivity contribution in [1.29, 1.82) is 5.26 Å². The topological polar surface area (TPSA) is 56.1 Å². The van der Waals surface area contributed by atoms with Crippen LogP contribution in [-0.4, -0.2) is 36.4 Å². The summed E-state index contributed by atoms with van der Waals surface area (Å²) in [5, 5.41) is 17.5. The van der Waals surface area contributed by atoms with Gasteiger partial charge >= 0.3 is 0 Å². The van der Waals surface area contributed by atoms with Crippen molar-refractivity contribution in [3.8, 4) is 6.07 Å². The van der Waals surface area contributed by atoms with Crippen molar-refractivity contribution in [1.82, 2.24) is 10.2 Å². The van der Waals surface area contributed by atoms with Gasteiger partial charge in [0.1, 0.15) is 6.07 Å². The molecule has 1 aromatic heterocycles. The Labute approximate surface area is 128 Å². The number of benzene rings is 1. The van der Waals surface area contributed by atoms with E-state index < -0.39 is 0 Å². The molecule has 0 saturated carbocycles. The Balaban J connectivity index is 1.66. The van der Waals surface area contributed by atoms with Crippen LogP contribution in [0.25, 0.3) is 0 Å². The highest BCUT2D eigenvalue weighted by atomic mass is 35.5. The highest BCUT2D eigenvalue weighted by molar-refractivity contribution is 6.30. The smallest absolute Gasteiger partial charge is 0.163 e. The van der Waals surface area contributed by atoms with Crippen LogP contribution >= 0.6 is 11.6 Å². The molecule has 2 heterocycles. The SMILES string of the molecule is N#Cc1ccc(N2CCN(c3cccc(Cl)c3)CC2)nn1. The zero-order chi connectivity index (χ0) is 14.7. The molecule has 1 fully saturated rings. The van der Waals surface area contributed by atoms with E-state index in [1.165, 1.54) is 0 Å². The van der Waals surface area contributed by atoms with Gasteiger partial charge < -0.3 is 9.80 Å². The lowest BCUT2D eigenvalue weighted by Gasteiger charge is -2.36. The van der Waals surface area contributed by atoms with Gasteiger partial charge in [-0.15, -0.1) is 10.2 Å². The van der Waals surface area contributed by atoms with Crippen LogP contribution in [0.15, 0.2) is 36.4 Å². The highest BCUT2D eigenvalue weighted by Gasteiger charge is 2.18. The third-order valence-electron chi connectivity index (χ3n) is 3.54. The maximum atomic E-state index is 8.74. The van der Waals surface area contributed by atoms with Crippen LogP contribution < -0.4 is 9.80 Å². The Hall–Kier alpha value is -2.32. The van der Waals surface area contributed by atoms with Crippen molar-refractivity contribution in [3.63, 3.8) is 0 Å². The van der Waals surface area contributed by atoms with E-state index in [2.05, 4.69) is 26.1 Å². The normalized spacial score (nSPS) is 14.9. The summed E-state index contributed by atoms with van der Waals surface area (Å²) in [5.74, 6) is 0.819. The van der Waals surface area contributed by atoms with Gasteiger partial charge in [-0.2, -0.15) is 5.26 Å². The van der Waals surface area contributed by atoms with Crippen molar-refractivity contribution >= 4 is 23.1 Å². The fourth-order valence-corrected chi connectivity index (χ4v) is 2.60. The number of anilines is 2. The highest BCUT2D eigenvalue weighted by Crippen LogP contribution is 2.22. The molecule has 1 saturated heterocycles. The van der Waals surface area contributed by atoms with Gasteiger partial charge in [-0.05, 0) is 30.3 Å². The van der Waals surface area contributed by atoms with E-state index in [4.69, 9.17) is 16.9 Å². The van der Waals surface area contributed by atoms with Crippen LogP contribution in [0.2, 0.25) is 5.02 Å². The molecule has 1 aromatic carbocycles. The first-order valence-corrected chi connectivity index (χ1v) is 7.13. The predicted molar refractivity (Wildman–Crippen MR) is 82.6 cm³/mol. The molecule has 0 atom stereocenters. The van der Waals surface area contributed by atoms with Crippen LogP contribution in [0, 0.1) is 11.3 Å². The summed E-state index contributed by atoms with van der Waals surface area (Å²) in [5.41, 5.74) is 1.49. The van der Waals surface area contributed by atoms with Gasteiger partial charge in [-0.25, -0.2) is 0 Å². The van der Waals surface area contributed by atoms with Crippen molar-refractivity contribution in [3.05, 3.63) is 47.1 Å². The molecular weight excluding hydrogens is 286 g/mol. The summed E-state index contributed by atoms with van der Waals surface area (Å²) in [6.45, 7) is 3.55. The molecule has 0 unspecified atom stereocenters. The quantitative estimate of drug-likeness (QED) is 0.852. The van der Waals surface area contributed by atoms with E-state index in [-0.39, 0.29) is 0 Å². The van der Waals surface area contributed by atoms with Crippen molar-refractivity contribution < 1.29 is 0 Å². The van der Waals surface area contributed by atoms with E-state index in [1.54, 1.807) is 6.07 Å². The fraction of sp³-hybridized carbons (Fsp3) is 0.267. The van der Waals surface area contributed by atoms with E-state index in [1.807, 2.05) is 30.3 Å². The first-order chi connectivity index (χ1) is 10.3. The summed E-state index contributed by atoms with van der Waals surface area (Å²) < 4.78 is 0. The minimum absolute atomic E-state index is 0.344. The number of rotatable bonds is 2. The maximum absolute atomic E-state index is 8.74. The van der Waals surface area contributed by atoms with Crippen LogP contribution in [0.5, 0.6) is 0 Å². The number of aromatic nitrogens is 2. The first-order valence-electron chi connectivity index (χ1n) is 6.75. The molecule has 0 bridgehead atoms. The molecule has 0 radical (unpaired) electrons. The number of nitriles is 1. The van der Waals surface area contributed by atoms with E-state index >= 15 is 0 Å². The summed E-state index contributed by atoms with van der Waals surface area (Å²) in [4.78, 5) is 4.48. The lowest BCUT2D eigenvalue weighted by Crippen LogP contribution is -2.46. The first kappa shape index (κ1) is 13.7. The maximum Gasteiger partial charge on any atom is 0.163 e. The van der Waals surface area contributed by atoms with Crippen molar-refractivity contribution in [2.45, 2.75) is 0 Å². The molecule has 1 aliphatic rings. The lowest BCUT2D eigenvalue weighted by molar-refractivity contribution is 0.643. The molecule has 21 heavy (non-hydrogen) atoms. The number of hydrogen-bond donors (Lipinski definition) is 0. The van der Waals surface area contributed by atoms with Gasteiger partial charge in [0.15, 0.2) is 11.5 Å². The molecular formula is C15H14ClN5. The van der Waals surface area contributed by atoms with E-state index in [9.17, 15) is 0 Å². The molecule has 1 aliphatic heterocycles. The van der Waals surface area contributed by atoms with Crippen LogP contribution in [-0.2, 0) is 0 Å².